The minimum absolute atomic E-state index is 0.0401. The number of ether oxygens (including phenoxy) is 2. The van der Waals surface area contributed by atoms with Gasteiger partial charge in [-0.15, -0.1) is 11.6 Å². The van der Waals surface area contributed by atoms with E-state index >= 15 is 0 Å². The maximum atomic E-state index is 11.5. The van der Waals surface area contributed by atoms with Crippen molar-refractivity contribution in [3.05, 3.63) is 12.2 Å². The number of hydrogen-bond acceptors (Lipinski definition) is 5. The van der Waals surface area contributed by atoms with E-state index in [1.165, 1.54) is 6.92 Å². The van der Waals surface area contributed by atoms with Crippen molar-refractivity contribution >= 4 is 29.6 Å². The predicted molar refractivity (Wildman–Crippen MR) is 82.7 cm³/mol. The quantitative estimate of drug-likeness (QED) is 0.287. The van der Waals surface area contributed by atoms with Crippen LogP contribution in [0.4, 0.5) is 4.79 Å². The van der Waals surface area contributed by atoms with E-state index < -0.39 is 23.6 Å². The fourth-order valence-electron chi connectivity index (χ4n) is 1.16. The minimum atomic E-state index is -0.728. The van der Waals surface area contributed by atoms with Gasteiger partial charge in [0.2, 0.25) is 0 Å². The van der Waals surface area contributed by atoms with Gasteiger partial charge in [-0.1, -0.05) is 6.58 Å². The van der Waals surface area contributed by atoms with Crippen molar-refractivity contribution in [2.45, 2.75) is 32.8 Å². The highest BCUT2D eigenvalue weighted by Crippen LogP contribution is 2.11. The molecule has 126 valence electrons. The second kappa shape index (κ2) is 10.0. The summed E-state index contributed by atoms with van der Waals surface area (Å²) in [5.74, 6) is -0.761. The van der Waals surface area contributed by atoms with Gasteiger partial charge in [0.15, 0.2) is 0 Å². The smallest absolute Gasteiger partial charge is 0.333 e. The zero-order chi connectivity index (χ0) is 17.2. The zero-order valence-corrected chi connectivity index (χ0v) is 13.9. The van der Waals surface area contributed by atoms with Crippen molar-refractivity contribution in [2.24, 2.45) is 0 Å². The van der Waals surface area contributed by atoms with E-state index in [0.29, 0.717) is 5.57 Å². The second-order valence-electron chi connectivity index (χ2n) is 5.22. The molecule has 0 aliphatic rings. The van der Waals surface area contributed by atoms with Gasteiger partial charge in [-0.25, -0.2) is 9.59 Å². The maximum Gasteiger partial charge on any atom is 0.333 e. The summed E-state index contributed by atoms with van der Waals surface area (Å²) in [6.45, 7) is 8.70. The lowest BCUT2D eigenvalue weighted by atomic mass is 10.2. The highest BCUT2D eigenvalue weighted by Gasteiger charge is 2.21. The normalized spacial score (nSPS) is 10.5. The average molecular weight is 335 g/mol. The van der Waals surface area contributed by atoms with Crippen LogP contribution in [0.1, 0.15) is 27.2 Å². The molecule has 0 atom stereocenters. The largest absolute Gasteiger partial charge is 0.460 e. The van der Waals surface area contributed by atoms with Gasteiger partial charge in [-0.2, -0.15) is 0 Å². The van der Waals surface area contributed by atoms with Crippen molar-refractivity contribution in [3.8, 4) is 0 Å². The molecule has 0 aromatic rings. The van der Waals surface area contributed by atoms with E-state index in [-0.39, 0.29) is 32.0 Å². The Balaban J connectivity index is 3.72. The number of nitrogens with one attached hydrogen (secondary N) is 2. The summed E-state index contributed by atoms with van der Waals surface area (Å²) >= 11 is 5.64. The Morgan fingerprint density at radius 1 is 1.18 bits per heavy atom. The minimum Gasteiger partial charge on any atom is -0.460 e. The van der Waals surface area contributed by atoms with Gasteiger partial charge in [-0.05, 0) is 20.8 Å². The van der Waals surface area contributed by atoms with Crippen LogP contribution in [0, 0.1) is 0 Å². The summed E-state index contributed by atoms with van der Waals surface area (Å²) in [4.78, 5) is 33.9. The number of rotatable bonds is 9. The molecule has 0 aliphatic heterocycles. The summed E-state index contributed by atoms with van der Waals surface area (Å²) in [6.07, 6.45) is 0.0401. The number of hydrogen-bond donors (Lipinski definition) is 2. The zero-order valence-electron chi connectivity index (χ0n) is 13.2. The molecule has 7 nitrogen and oxygen atoms in total. The summed E-state index contributed by atoms with van der Waals surface area (Å²) in [5.41, 5.74) is -0.434. The Kier molecular flexibility index (Phi) is 9.24. The Hall–Kier alpha value is -1.76. The Bertz CT molecular complexity index is 423. The van der Waals surface area contributed by atoms with E-state index in [9.17, 15) is 14.4 Å². The predicted octanol–water partition coefficient (Wildman–Crippen LogP) is 1.36. The van der Waals surface area contributed by atoms with Crippen molar-refractivity contribution in [1.82, 2.24) is 10.6 Å². The van der Waals surface area contributed by atoms with Gasteiger partial charge in [0, 0.05) is 12.1 Å². The molecule has 0 aliphatic carbocycles. The van der Waals surface area contributed by atoms with Crippen molar-refractivity contribution < 1.29 is 23.9 Å². The number of alkyl halides is 1. The van der Waals surface area contributed by atoms with Gasteiger partial charge in [0.25, 0.3) is 0 Å². The van der Waals surface area contributed by atoms with Crippen molar-refractivity contribution in [3.63, 3.8) is 0 Å². The fourth-order valence-corrected chi connectivity index (χ4v) is 1.21. The number of urea groups is 1. The number of carbonyl (C=O) groups is 3. The number of amides is 2. The summed E-state index contributed by atoms with van der Waals surface area (Å²) in [6, 6.07) is -0.462. The average Bonchev–Trinajstić information content (AvgIpc) is 2.42. The summed E-state index contributed by atoms with van der Waals surface area (Å²) in [7, 11) is 0. The molecule has 0 saturated heterocycles. The number of halogens is 1. The molecule has 22 heavy (non-hydrogen) atoms. The Morgan fingerprint density at radius 3 is 2.32 bits per heavy atom. The number of esters is 2. The molecule has 0 spiro atoms. The van der Waals surface area contributed by atoms with Crippen LogP contribution in [0.2, 0.25) is 0 Å². The first-order valence-corrected chi connectivity index (χ1v) is 7.33. The van der Waals surface area contributed by atoms with Gasteiger partial charge in [-0.3, -0.25) is 4.79 Å². The van der Waals surface area contributed by atoms with Crippen LogP contribution in [-0.2, 0) is 19.1 Å². The molecule has 0 bridgehead atoms. The van der Waals surface area contributed by atoms with Gasteiger partial charge in [0.05, 0.1) is 18.8 Å². The topological polar surface area (TPSA) is 93.7 Å². The van der Waals surface area contributed by atoms with E-state index in [1.807, 2.05) is 0 Å². The molecule has 2 N–H and O–H groups in total. The number of carbonyl (C=O) groups excluding carboxylic acids is 3. The molecule has 2 amide bonds. The van der Waals surface area contributed by atoms with Crippen LogP contribution in [0.25, 0.3) is 0 Å². The molecule has 0 aromatic heterocycles. The van der Waals surface area contributed by atoms with E-state index in [2.05, 4.69) is 17.2 Å². The third-order valence-electron chi connectivity index (χ3n) is 2.30. The second-order valence-corrected chi connectivity index (χ2v) is 5.48. The molecule has 0 fully saturated rings. The third kappa shape index (κ3) is 10.0. The lowest BCUT2D eigenvalue weighted by molar-refractivity contribution is -0.154. The molecular formula is C14H23ClN2O5. The first kappa shape index (κ1) is 20.2. The van der Waals surface area contributed by atoms with Gasteiger partial charge in [0.1, 0.15) is 12.2 Å². The first-order chi connectivity index (χ1) is 10.2. The maximum absolute atomic E-state index is 11.5. The summed E-state index contributed by atoms with van der Waals surface area (Å²) < 4.78 is 9.90. The molecule has 0 heterocycles. The molecule has 8 heteroatoms. The molecule has 0 unspecified atom stereocenters. The van der Waals surface area contributed by atoms with E-state index in [4.69, 9.17) is 21.1 Å². The van der Waals surface area contributed by atoms with Crippen LogP contribution in [0.5, 0.6) is 0 Å². The van der Waals surface area contributed by atoms with Crippen LogP contribution in [0.3, 0.4) is 0 Å². The lowest BCUT2D eigenvalue weighted by Crippen LogP contribution is -2.39. The molecule has 0 saturated carbocycles. The highest BCUT2D eigenvalue weighted by molar-refractivity contribution is 6.18. The van der Waals surface area contributed by atoms with Crippen molar-refractivity contribution in [1.29, 1.82) is 0 Å². The highest BCUT2D eigenvalue weighted by atomic mass is 35.5. The standard InChI is InChI=1S/C14H23ClN2O5/c1-10(2)12(19)21-8-7-17-13(20)16-6-5-11(18)22-14(3,4)9-15/h1,5-9H2,2-4H3,(H2,16,17,20). The Labute approximate surface area is 135 Å². The Morgan fingerprint density at radius 2 is 1.77 bits per heavy atom. The van der Waals surface area contributed by atoms with E-state index in [1.54, 1.807) is 13.8 Å². The van der Waals surface area contributed by atoms with Gasteiger partial charge < -0.3 is 20.1 Å². The monoisotopic (exact) mass is 334 g/mol. The molecular weight excluding hydrogens is 312 g/mol. The fraction of sp³-hybridized carbons (Fsp3) is 0.643. The lowest BCUT2D eigenvalue weighted by Gasteiger charge is -2.22. The molecule has 0 rings (SSSR count). The van der Waals surface area contributed by atoms with Crippen molar-refractivity contribution in [2.75, 3.05) is 25.6 Å². The van der Waals surface area contributed by atoms with Crippen LogP contribution in [-0.4, -0.2) is 49.1 Å². The molecule has 0 radical (unpaired) electrons. The van der Waals surface area contributed by atoms with Crippen LogP contribution < -0.4 is 10.6 Å². The van der Waals surface area contributed by atoms with E-state index in [0.717, 1.165) is 0 Å². The van der Waals surface area contributed by atoms with Crippen LogP contribution in [0.15, 0.2) is 12.2 Å². The first-order valence-electron chi connectivity index (χ1n) is 6.80. The summed E-state index contributed by atoms with van der Waals surface area (Å²) in [5, 5.41) is 4.97. The van der Waals surface area contributed by atoms with Gasteiger partial charge >= 0.3 is 18.0 Å². The SMILES string of the molecule is C=C(C)C(=O)OCCNC(=O)NCCC(=O)OC(C)(C)CCl. The molecule has 0 aromatic carbocycles. The third-order valence-corrected chi connectivity index (χ3v) is 2.94. The van der Waals surface area contributed by atoms with Crippen LogP contribution >= 0.6 is 11.6 Å².